The van der Waals surface area contributed by atoms with Crippen molar-refractivity contribution in [1.29, 1.82) is 0 Å². The van der Waals surface area contributed by atoms with Crippen molar-refractivity contribution in [1.82, 2.24) is 14.9 Å². The van der Waals surface area contributed by atoms with Gasteiger partial charge in [-0.05, 0) is 43.9 Å². The van der Waals surface area contributed by atoms with Crippen molar-refractivity contribution in [2.75, 3.05) is 18.5 Å². The second kappa shape index (κ2) is 7.12. The number of nitrogens with one attached hydrogen (secondary N) is 2. The van der Waals surface area contributed by atoms with E-state index in [-0.39, 0.29) is 24.5 Å². The molecule has 130 valence electrons. The Labute approximate surface area is 137 Å². The molecule has 1 aromatic carbocycles. The number of unbranched alkanes of at least 4 members (excludes halogenated alkanes) is 1. The summed E-state index contributed by atoms with van der Waals surface area (Å²) in [6.45, 7) is 0.710. The van der Waals surface area contributed by atoms with Crippen molar-refractivity contribution >= 4 is 22.8 Å². The number of carbonyl (C=O) groups excluding carboxylic acids is 1. The number of aromatic amines is 1. The minimum Gasteiger partial charge on any atom is -0.396 e. The zero-order chi connectivity index (χ0) is 17.1. The Balaban J connectivity index is 1.69. The van der Waals surface area contributed by atoms with Crippen LogP contribution < -0.4 is 5.32 Å². The van der Waals surface area contributed by atoms with Gasteiger partial charge < -0.3 is 20.3 Å². The van der Waals surface area contributed by atoms with E-state index >= 15 is 0 Å². The summed E-state index contributed by atoms with van der Waals surface area (Å²) >= 11 is 0. The van der Waals surface area contributed by atoms with E-state index in [0.29, 0.717) is 29.7 Å². The molecule has 0 aliphatic heterocycles. The molecule has 2 amide bonds. The van der Waals surface area contributed by atoms with Gasteiger partial charge in [-0.3, -0.25) is 0 Å². The summed E-state index contributed by atoms with van der Waals surface area (Å²) in [5.74, 6) is -0.378. The van der Waals surface area contributed by atoms with Gasteiger partial charge in [-0.1, -0.05) is 0 Å². The van der Waals surface area contributed by atoms with E-state index in [1.165, 1.54) is 0 Å². The first-order valence-corrected chi connectivity index (χ1v) is 8.05. The summed E-state index contributed by atoms with van der Waals surface area (Å²) in [4.78, 5) is 20.6. The average molecular weight is 338 g/mol. The molecule has 24 heavy (non-hydrogen) atoms. The lowest BCUT2D eigenvalue weighted by Crippen LogP contribution is -2.37. The Morgan fingerprint density at radius 3 is 2.88 bits per heavy atom. The van der Waals surface area contributed by atoms with Crippen LogP contribution >= 0.6 is 0 Å². The SMILES string of the molecule is O=C(Nc1ccc2nc(C(F)F)[nH]c2c1)N(CCCCO)C1CC1. The minimum absolute atomic E-state index is 0.114. The molecule has 6 nitrogen and oxygen atoms in total. The van der Waals surface area contributed by atoms with Crippen molar-refractivity contribution in [2.45, 2.75) is 38.2 Å². The Morgan fingerprint density at radius 1 is 1.42 bits per heavy atom. The number of rotatable bonds is 7. The third-order valence-corrected chi connectivity index (χ3v) is 4.01. The fraction of sp³-hybridized carbons (Fsp3) is 0.500. The lowest BCUT2D eigenvalue weighted by atomic mass is 10.2. The number of hydrogen-bond acceptors (Lipinski definition) is 3. The van der Waals surface area contributed by atoms with Crippen LogP contribution in [0.3, 0.4) is 0 Å². The zero-order valence-corrected chi connectivity index (χ0v) is 13.1. The highest BCUT2D eigenvalue weighted by molar-refractivity contribution is 5.92. The molecule has 0 atom stereocenters. The molecule has 0 saturated heterocycles. The second-order valence-electron chi connectivity index (χ2n) is 5.94. The molecule has 0 unspecified atom stereocenters. The number of alkyl halides is 2. The van der Waals surface area contributed by atoms with E-state index < -0.39 is 6.43 Å². The average Bonchev–Trinajstić information content (AvgIpc) is 3.29. The summed E-state index contributed by atoms with van der Waals surface area (Å²) in [6, 6.07) is 4.90. The summed E-state index contributed by atoms with van der Waals surface area (Å²) in [5, 5.41) is 11.7. The molecule has 3 N–H and O–H groups in total. The molecular weight excluding hydrogens is 318 g/mol. The van der Waals surface area contributed by atoms with E-state index in [0.717, 1.165) is 19.3 Å². The number of aromatic nitrogens is 2. The van der Waals surface area contributed by atoms with Gasteiger partial charge in [0.2, 0.25) is 0 Å². The van der Waals surface area contributed by atoms with Crippen molar-refractivity contribution < 1.29 is 18.7 Å². The summed E-state index contributed by atoms with van der Waals surface area (Å²) < 4.78 is 25.4. The molecule has 0 radical (unpaired) electrons. The van der Waals surface area contributed by atoms with Crippen LogP contribution in [0.15, 0.2) is 18.2 Å². The zero-order valence-electron chi connectivity index (χ0n) is 13.1. The van der Waals surface area contributed by atoms with Crippen molar-refractivity contribution in [2.24, 2.45) is 0 Å². The normalized spacial score (nSPS) is 14.3. The standard InChI is InChI=1S/C16H20F2N4O2/c17-14(18)15-20-12-6-3-10(9-13(12)21-15)19-16(24)22(11-4-5-11)7-1-2-8-23/h3,6,9,11,14,23H,1-2,4-5,7-8H2,(H,19,24)(H,20,21). The Morgan fingerprint density at radius 2 is 2.21 bits per heavy atom. The molecule has 1 aliphatic rings. The first-order valence-electron chi connectivity index (χ1n) is 8.05. The number of nitrogens with zero attached hydrogens (tertiary/aromatic N) is 2. The molecule has 1 saturated carbocycles. The van der Waals surface area contributed by atoms with Gasteiger partial charge in [0.1, 0.15) is 0 Å². The van der Waals surface area contributed by atoms with E-state index in [2.05, 4.69) is 15.3 Å². The largest absolute Gasteiger partial charge is 0.396 e. The van der Waals surface area contributed by atoms with Crippen LogP contribution in [0.5, 0.6) is 0 Å². The number of hydrogen-bond donors (Lipinski definition) is 3. The highest BCUT2D eigenvalue weighted by Gasteiger charge is 2.32. The van der Waals surface area contributed by atoms with Crippen molar-refractivity contribution in [3.05, 3.63) is 24.0 Å². The maximum absolute atomic E-state index is 12.7. The monoisotopic (exact) mass is 338 g/mol. The maximum atomic E-state index is 12.7. The van der Waals surface area contributed by atoms with Gasteiger partial charge >= 0.3 is 6.03 Å². The van der Waals surface area contributed by atoms with Gasteiger partial charge in [-0.2, -0.15) is 0 Å². The number of urea groups is 1. The first kappa shape index (κ1) is 16.6. The smallest absolute Gasteiger partial charge is 0.322 e. The molecule has 1 aliphatic carbocycles. The van der Waals surface area contributed by atoms with Crippen molar-refractivity contribution in [3.63, 3.8) is 0 Å². The number of halogens is 2. The van der Waals surface area contributed by atoms with Crippen LogP contribution in [-0.4, -0.2) is 45.2 Å². The molecule has 3 rings (SSSR count). The Bertz CT molecular complexity index is 715. The first-order chi connectivity index (χ1) is 11.6. The van der Waals surface area contributed by atoms with Crippen molar-refractivity contribution in [3.8, 4) is 0 Å². The highest BCUT2D eigenvalue weighted by atomic mass is 19.3. The molecule has 0 bridgehead atoms. The second-order valence-corrected chi connectivity index (χ2v) is 5.94. The molecule has 1 heterocycles. The fourth-order valence-electron chi connectivity index (χ4n) is 2.64. The van der Waals surface area contributed by atoms with Gasteiger partial charge in [0, 0.05) is 24.9 Å². The predicted molar refractivity (Wildman–Crippen MR) is 86.1 cm³/mol. The number of carbonyl (C=O) groups is 1. The van der Waals surface area contributed by atoms with Gasteiger partial charge in [0.25, 0.3) is 6.43 Å². The van der Waals surface area contributed by atoms with Crippen LogP contribution in [0.1, 0.15) is 37.9 Å². The predicted octanol–water partition coefficient (Wildman–Crippen LogP) is 3.27. The number of fused-ring (bicyclic) bond motifs is 1. The molecule has 2 aromatic rings. The molecule has 0 spiro atoms. The Hall–Kier alpha value is -2.22. The van der Waals surface area contributed by atoms with Crippen LogP contribution in [0.4, 0.5) is 19.3 Å². The topological polar surface area (TPSA) is 81.2 Å². The Kier molecular flexibility index (Phi) is 4.94. The van der Waals surface area contributed by atoms with Crippen LogP contribution in [0, 0.1) is 0 Å². The van der Waals surface area contributed by atoms with E-state index in [1.807, 2.05) is 0 Å². The lowest BCUT2D eigenvalue weighted by molar-refractivity contribution is 0.142. The van der Waals surface area contributed by atoms with Crippen LogP contribution in [0.2, 0.25) is 0 Å². The van der Waals surface area contributed by atoms with Gasteiger partial charge in [-0.15, -0.1) is 0 Å². The molecular formula is C16H20F2N4O2. The third-order valence-electron chi connectivity index (χ3n) is 4.01. The third kappa shape index (κ3) is 3.81. The lowest BCUT2D eigenvalue weighted by Gasteiger charge is -2.22. The van der Waals surface area contributed by atoms with Gasteiger partial charge in [0.15, 0.2) is 5.82 Å². The number of benzene rings is 1. The number of H-pyrrole nitrogens is 1. The van der Waals surface area contributed by atoms with Crippen LogP contribution in [0.25, 0.3) is 11.0 Å². The molecule has 1 fully saturated rings. The summed E-state index contributed by atoms with van der Waals surface area (Å²) in [6.07, 6.45) is 0.728. The summed E-state index contributed by atoms with van der Waals surface area (Å²) in [7, 11) is 0. The van der Waals surface area contributed by atoms with Gasteiger partial charge in [-0.25, -0.2) is 18.6 Å². The number of imidazole rings is 1. The number of aliphatic hydroxyl groups is 1. The van der Waals surface area contributed by atoms with Crippen LogP contribution in [-0.2, 0) is 0 Å². The molecule has 1 aromatic heterocycles. The van der Waals surface area contributed by atoms with E-state index in [4.69, 9.17) is 5.11 Å². The highest BCUT2D eigenvalue weighted by Crippen LogP contribution is 2.28. The molecule has 8 heteroatoms. The summed E-state index contributed by atoms with van der Waals surface area (Å²) in [5.41, 5.74) is 1.43. The number of aliphatic hydroxyl groups excluding tert-OH is 1. The van der Waals surface area contributed by atoms with E-state index in [9.17, 15) is 13.6 Å². The van der Waals surface area contributed by atoms with Gasteiger partial charge in [0.05, 0.1) is 11.0 Å². The number of anilines is 1. The number of amides is 2. The minimum atomic E-state index is -2.66. The quantitative estimate of drug-likeness (QED) is 0.678. The maximum Gasteiger partial charge on any atom is 0.322 e. The fourth-order valence-corrected chi connectivity index (χ4v) is 2.64. The van der Waals surface area contributed by atoms with E-state index in [1.54, 1.807) is 23.1 Å².